The van der Waals surface area contributed by atoms with Crippen molar-refractivity contribution in [1.29, 1.82) is 0 Å². The van der Waals surface area contributed by atoms with Crippen LogP contribution in [0.25, 0.3) is 0 Å². The molecule has 0 saturated heterocycles. The van der Waals surface area contributed by atoms with Crippen LogP contribution in [-0.4, -0.2) is 12.1 Å². The van der Waals surface area contributed by atoms with E-state index in [-0.39, 0.29) is 105 Å². The molecule has 0 fully saturated rings. The summed E-state index contributed by atoms with van der Waals surface area (Å²) < 4.78 is 85.6. The number of benzene rings is 11. The van der Waals surface area contributed by atoms with Gasteiger partial charge in [0.05, 0.1) is 5.56 Å². The number of ether oxygens (including phenoxy) is 10. The second-order valence-corrected chi connectivity index (χ2v) is 21.5. The van der Waals surface area contributed by atoms with Crippen LogP contribution in [0, 0.1) is 5.82 Å². The van der Waals surface area contributed by atoms with Crippen molar-refractivity contribution in [3.8, 4) is 51.7 Å². The van der Waals surface area contributed by atoms with Crippen LogP contribution < -0.4 is 42.6 Å². The Bertz CT molecular complexity index is 4010. The monoisotopic (exact) mass is 1200 g/mol. The second-order valence-electron chi connectivity index (χ2n) is 21.5. The highest BCUT2D eigenvalue weighted by atomic mass is 19.1. The Balaban J connectivity index is 0.991. The molecule has 90 heavy (non-hydrogen) atoms. The van der Waals surface area contributed by atoms with E-state index in [4.69, 9.17) is 47.4 Å². The first kappa shape index (κ1) is 59.4. The Kier molecular flexibility index (Phi) is 19.5. The smallest absolute Gasteiger partial charge is 0.338 e. The molecule has 1 aliphatic rings. The van der Waals surface area contributed by atoms with Crippen molar-refractivity contribution in [2.45, 2.75) is 71.5 Å². The number of carbonyl (C=O) groups is 1. The molecule has 12 rings (SSSR count). The molecule has 12 heteroatoms. The van der Waals surface area contributed by atoms with Gasteiger partial charge in [0.25, 0.3) is 0 Å². The Hall–Kier alpha value is -11.0. The first-order chi connectivity index (χ1) is 44.4. The number of esters is 1. The van der Waals surface area contributed by atoms with Gasteiger partial charge in [-0.3, -0.25) is 0 Å². The van der Waals surface area contributed by atoms with Gasteiger partial charge in [-0.05, 0) is 62.7 Å². The molecule has 450 valence electrons. The third kappa shape index (κ3) is 15.6. The zero-order valence-electron chi connectivity index (χ0n) is 49.4. The number of rotatable bonds is 27. The summed E-state index contributed by atoms with van der Waals surface area (Å²) in [5.74, 6) is 0.249. The molecule has 1 aliphatic heterocycles. The van der Waals surface area contributed by atoms with Gasteiger partial charge in [-0.15, -0.1) is 0 Å². The second kappa shape index (κ2) is 29.6. The fourth-order valence-corrected chi connectivity index (χ4v) is 10.3. The number of halogens is 1. The highest BCUT2D eigenvalue weighted by Gasteiger charge is 2.41. The molecule has 2 atom stereocenters. The molecule has 11 nitrogen and oxygen atoms in total. The highest BCUT2D eigenvalue weighted by molar-refractivity contribution is 5.91. The van der Waals surface area contributed by atoms with Gasteiger partial charge in [0.1, 0.15) is 76.2 Å². The number of fused-ring (bicyclic) bond motifs is 1. The van der Waals surface area contributed by atoms with E-state index in [1.165, 1.54) is 0 Å². The zero-order chi connectivity index (χ0) is 61.1. The third-order valence-electron chi connectivity index (χ3n) is 15.0. The van der Waals surface area contributed by atoms with Crippen molar-refractivity contribution >= 4 is 5.97 Å². The third-order valence-corrected chi connectivity index (χ3v) is 15.0. The first-order valence-corrected chi connectivity index (χ1v) is 29.8. The Morgan fingerprint density at radius 1 is 0.356 bits per heavy atom. The average Bonchev–Trinajstić information content (AvgIpc) is 0.878. The molecule has 0 N–H and O–H groups in total. The summed E-state index contributed by atoms with van der Waals surface area (Å²) in [6.07, 6.45) is -2.65. The van der Waals surface area contributed by atoms with Crippen LogP contribution in [0.2, 0.25) is 0 Å². The lowest BCUT2D eigenvalue weighted by molar-refractivity contribution is -0.0202. The molecule has 11 aromatic rings. The quantitative estimate of drug-likeness (QED) is 0.0459. The maximum atomic E-state index is 18.7. The molecule has 0 aromatic heterocycles. The van der Waals surface area contributed by atoms with Crippen molar-refractivity contribution in [3.63, 3.8) is 0 Å². The summed E-state index contributed by atoms with van der Waals surface area (Å²) in [5, 5.41) is 0. The largest absolute Gasteiger partial charge is 0.489 e. The maximum Gasteiger partial charge on any atom is 0.338 e. The van der Waals surface area contributed by atoms with Gasteiger partial charge >= 0.3 is 5.97 Å². The van der Waals surface area contributed by atoms with Crippen LogP contribution in [-0.2, 0) is 64.0 Å². The van der Waals surface area contributed by atoms with Crippen LogP contribution >= 0.6 is 0 Å². The van der Waals surface area contributed by atoms with E-state index in [9.17, 15) is 0 Å². The van der Waals surface area contributed by atoms with Gasteiger partial charge in [0, 0.05) is 29.7 Å². The highest BCUT2D eigenvalue weighted by Crippen LogP contribution is 2.50. The SMILES string of the molecule is O=C(O[C@@H]1Cc2c(OCc3ccccc3)cc(OCc3ccccc3)cc2O[C@H]1c1cc(OCc2ccccc2)c(OCc2ccccc2)c(OCc2ccccc2)c1F)c1cc(OCc2ccccc2)c(OCc2ccccc2)c(OCc2ccccc2)c1. The van der Waals surface area contributed by atoms with Crippen LogP contribution in [0.4, 0.5) is 4.39 Å². The fraction of sp³-hybridized carbons (Fsp3) is 0.141. The predicted octanol–water partition coefficient (Wildman–Crippen LogP) is 17.4. The van der Waals surface area contributed by atoms with E-state index in [0.717, 1.165) is 44.5 Å². The summed E-state index contributed by atoms with van der Waals surface area (Å²) in [7, 11) is 0. The minimum Gasteiger partial charge on any atom is -0.489 e. The van der Waals surface area contributed by atoms with Crippen molar-refractivity contribution in [1.82, 2.24) is 0 Å². The maximum absolute atomic E-state index is 18.7. The van der Waals surface area contributed by atoms with Gasteiger partial charge in [0.2, 0.25) is 17.2 Å². The van der Waals surface area contributed by atoms with E-state index < -0.39 is 24.0 Å². The van der Waals surface area contributed by atoms with E-state index in [1.54, 1.807) is 30.3 Å². The van der Waals surface area contributed by atoms with E-state index >= 15 is 9.18 Å². The van der Waals surface area contributed by atoms with Gasteiger partial charge in [-0.2, -0.15) is 0 Å². The molecule has 11 aromatic carbocycles. The van der Waals surface area contributed by atoms with Gasteiger partial charge in [-0.1, -0.05) is 243 Å². The van der Waals surface area contributed by atoms with Gasteiger partial charge in [-0.25, -0.2) is 9.18 Å². The molecule has 0 radical (unpaired) electrons. The summed E-state index contributed by atoms with van der Waals surface area (Å²) in [6, 6.07) is 85.6. The lowest BCUT2D eigenvalue weighted by Crippen LogP contribution is -2.35. The van der Waals surface area contributed by atoms with Gasteiger partial charge in [0.15, 0.2) is 29.2 Å². The van der Waals surface area contributed by atoms with Crippen LogP contribution in [0.15, 0.2) is 273 Å². The van der Waals surface area contributed by atoms with E-state index in [1.807, 2.05) is 243 Å². The van der Waals surface area contributed by atoms with Crippen LogP contribution in [0.5, 0.6) is 51.7 Å². The molecule has 1 heterocycles. The topological polar surface area (TPSA) is 109 Å². The van der Waals surface area contributed by atoms with Crippen molar-refractivity contribution in [2.75, 3.05) is 0 Å². The Morgan fingerprint density at radius 3 is 1.07 bits per heavy atom. The molecule has 0 aliphatic carbocycles. The minimum absolute atomic E-state index is 0.0199. The fourth-order valence-electron chi connectivity index (χ4n) is 10.3. The summed E-state index contributed by atoms with van der Waals surface area (Å²) in [5.41, 5.74) is 7.54. The standard InChI is InChI=1S/C78H65FO11/c79-73-66(46-71(85-51-59-33-17-5-18-34-59)76(87-53-61-37-21-7-22-38-61)77(73)88-54-62-39-23-8-24-40-62)74-72(45-65-67(82-48-56-27-11-2-12-28-56)43-64(44-68(65)89-74)81-47-55-25-9-1-10-26-55)90-78(80)63-41-69(83-49-57-29-13-3-14-30-57)75(86-52-60-35-19-6-20-36-60)70(42-63)84-50-58-31-15-4-16-32-58/h1-44,46,72,74H,45,47-54H2/t72-,74+/m1/s1. The number of hydrogen-bond acceptors (Lipinski definition) is 11. The molecule has 0 bridgehead atoms. The summed E-state index contributed by atoms with van der Waals surface area (Å²) in [6.45, 7) is 0.938. The normalized spacial score (nSPS) is 13.2. The Morgan fingerprint density at radius 2 is 0.678 bits per heavy atom. The lowest BCUT2D eigenvalue weighted by Gasteiger charge is -2.35. The van der Waals surface area contributed by atoms with Crippen LogP contribution in [0.1, 0.15) is 72.1 Å². The number of carbonyl (C=O) groups excluding carboxylic acids is 1. The molecule has 0 amide bonds. The predicted molar refractivity (Wildman–Crippen MR) is 342 cm³/mol. The number of hydrogen-bond donors (Lipinski definition) is 0. The van der Waals surface area contributed by atoms with Crippen molar-refractivity contribution in [2.24, 2.45) is 0 Å². The minimum atomic E-state index is -1.37. The molecule has 0 unspecified atom stereocenters. The summed E-state index contributed by atoms with van der Waals surface area (Å²) in [4.78, 5) is 15.6. The molecule has 0 spiro atoms. The van der Waals surface area contributed by atoms with Crippen molar-refractivity contribution < 1.29 is 56.6 Å². The molecule has 0 saturated carbocycles. The first-order valence-electron chi connectivity index (χ1n) is 29.8. The Labute approximate surface area is 523 Å². The zero-order valence-corrected chi connectivity index (χ0v) is 49.4. The molecular formula is C78H65FO11. The van der Waals surface area contributed by atoms with Crippen molar-refractivity contribution in [3.05, 3.63) is 340 Å². The van der Waals surface area contributed by atoms with Crippen LogP contribution in [0.3, 0.4) is 0 Å². The summed E-state index contributed by atoms with van der Waals surface area (Å²) >= 11 is 0. The average molecular weight is 1200 g/mol. The van der Waals surface area contributed by atoms with E-state index in [0.29, 0.717) is 22.8 Å². The van der Waals surface area contributed by atoms with E-state index in [2.05, 4.69) is 0 Å². The lowest BCUT2D eigenvalue weighted by atomic mass is 9.92. The van der Waals surface area contributed by atoms with Gasteiger partial charge < -0.3 is 47.4 Å². The molecular weight excluding hydrogens is 1130 g/mol.